The molecule has 1 saturated heterocycles. The highest BCUT2D eigenvalue weighted by atomic mass is 32.1. The van der Waals surface area contributed by atoms with Crippen molar-refractivity contribution in [2.75, 3.05) is 31.1 Å². The maximum atomic E-state index is 9.51. The smallest absolute Gasteiger partial charge is 0.141 e. The summed E-state index contributed by atoms with van der Waals surface area (Å²) in [5.74, 6) is 1.83. The Kier molecular flexibility index (Phi) is 4.70. The zero-order chi connectivity index (χ0) is 17.2. The fourth-order valence-electron chi connectivity index (χ4n) is 3.52. The Morgan fingerprint density at radius 2 is 2.24 bits per heavy atom. The van der Waals surface area contributed by atoms with E-state index in [1.54, 1.807) is 23.9 Å². The Hall–Kier alpha value is -1.96. The topological polar surface area (TPSA) is 65.6 Å². The second-order valence-electron chi connectivity index (χ2n) is 6.45. The van der Waals surface area contributed by atoms with Crippen LogP contribution < -0.4 is 4.90 Å². The van der Waals surface area contributed by atoms with Gasteiger partial charge in [-0.15, -0.1) is 11.3 Å². The van der Waals surface area contributed by atoms with Crippen LogP contribution >= 0.6 is 11.3 Å². The van der Waals surface area contributed by atoms with Crippen LogP contribution in [0.4, 0.5) is 5.82 Å². The quantitative estimate of drug-likeness (QED) is 0.756. The van der Waals surface area contributed by atoms with Gasteiger partial charge in [0.05, 0.1) is 17.9 Å². The Labute approximate surface area is 150 Å². The molecule has 0 aromatic carbocycles. The molecule has 4 rings (SSSR count). The highest BCUT2D eigenvalue weighted by Gasteiger charge is 2.28. The standard InChI is InChI=1S/C18H22N4O2S/c1-13-19-17(16-4-9-25-18(16)20-13)22-6-5-21(15(11-22)2-7-23)10-14-3-8-24-12-14/h3-4,8-9,12,15,23H,2,5-7,10-11H2,1H3. The number of piperazine rings is 1. The summed E-state index contributed by atoms with van der Waals surface area (Å²) in [6, 6.07) is 4.40. The number of fused-ring (bicyclic) bond motifs is 1. The first-order chi connectivity index (χ1) is 12.2. The van der Waals surface area contributed by atoms with Gasteiger partial charge >= 0.3 is 0 Å². The van der Waals surface area contributed by atoms with E-state index in [0.29, 0.717) is 0 Å². The molecule has 0 amide bonds. The predicted octanol–water partition coefficient (Wildman–Crippen LogP) is 2.67. The number of rotatable bonds is 5. The van der Waals surface area contributed by atoms with Gasteiger partial charge in [-0.05, 0) is 30.9 Å². The summed E-state index contributed by atoms with van der Waals surface area (Å²) in [4.78, 5) is 15.1. The zero-order valence-electron chi connectivity index (χ0n) is 14.3. The van der Waals surface area contributed by atoms with Crippen LogP contribution in [0.5, 0.6) is 0 Å². The lowest BCUT2D eigenvalue weighted by Gasteiger charge is -2.42. The molecule has 0 aliphatic carbocycles. The molecular formula is C18H22N4O2S. The average Bonchev–Trinajstić information content (AvgIpc) is 3.27. The lowest BCUT2D eigenvalue weighted by Crippen LogP contribution is -2.53. The third-order valence-electron chi connectivity index (χ3n) is 4.75. The highest BCUT2D eigenvalue weighted by Crippen LogP contribution is 2.30. The van der Waals surface area contributed by atoms with Gasteiger partial charge in [-0.3, -0.25) is 4.90 Å². The number of nitrogens with zero attached hydrogens (tertiary/aromatic N) is 4. The molecule has 4 heterocycles. The molecule has 6 nitrogen and oxygen atoms in total. The van der Waals surface area contributed by atoms with Crippen molar-refractivity contribution in [1.29, 1.82) is 0 Å². The van der Waals surface area contributed by atoms with Gasteiger partial charge in [-0.1, -0.05) is 0 Å². The van der Waals surface area contributed by atoms with Crippen LogP contribution in [0.15, 0.2) is 34.5 Å². The molecule has 1 unspecified atom stereocenters. The molecule has 0 bridgehead atoms. The average molecular weight is 358 g/mol. The van der Waals surface area contributed by atoms with Gasteiger partial charge in [-0.25, -0.2) is 9.97 Å². The lowest BCUT2D eigenvalue weighted by atomic mass is 10.1. The molecule has 0 saturated carbocycles. The van der Waals surface area contributed by atoms with Crippen LogP contribution in [-0.2, 0) is 6.54 Å². The molecule has 1 aliphatic heterocycles. The summed E-state index contributed by atoms with van der Waals surface area (Å²) < 4.78 is 5.19. The second-order valence-corrected chi connectivity index (χ2v) is 7.34. The van der Waals surface area contributed by atoms with Crippen LogP contribution in [0, 0.1) is 6.92 Å². The summed E-state index contributed by atoms with van der Waals surface area (Å²) >= 11 is 1.66. The summed E-state index contributed by atoms with van der Waals surface area (Å²) in [5, 5.41) is 12.7. The van der Waals surface area contributed by atoms with E-state index in [-0.39, 0.29) is 12.6 Å². The molecule has 7 heteroatoms. The number of anilines is 1. The Balaban J connectivity index is 1.57. The number of aryl methyl sites for hydroxylation is 1. The van der Waals surface area contributed by atoms with Crippen LogP contribution in [0.25, 0.3) is 10.2 Å². The van der Waals surface area contributed by atoms with E-state index in [2.05, 4.69) is 26.2 Å². The van der Waals surface area contributed by atoms with E-state index in [9.17, 15) is 5.11 Å². The molecule has 132 valence electrons. The molecule has 1 atom stereocenters. The van der Waals surface area contributed by atoms with Gasteiger partial charge in [0.1, 0.15) is 16.5 Å². The van der Waals surface area contributed by atoms with Crippen molar-refractivity contribution in [3.05, 3.63) is 41.4 Å². The summed E-state index contributed by atoms with van der Waals surface area (Å²) in [6.07, 6.45) is 4.26. The minimum atomic E-state index is 0.192. The van der Waals surface area contributed by atoms with E-state index in [1.807, 2.05) is 13.0 Å². The predicted molar refractivity (Wildman–Crippen MR) is 99.0 cm³/mol. The van der Waals surface area contributed by atoms with Crippen molar-refractivity contribution >= 4 is 27.4 Å². The number of thiophene rings is 1. The first-order valence-electron chi connectivity index (χ1n) is 8.57. The Morgan fingerprint density at radius 1 is 1.32 bits per heavy atom. The van der Waals surface area contributed by atoms with Crippen molar-refractivity contribution in [1.82, 2.24) is 14.9 Å². The van der Waals surface area contributed by atoms with Crippen LogP contribution in [0.2, 0.25) is 0 Å². The second kappa shape index (κ2) is 7.11. The fourth-order valence-corrected chi connectivity index (χ4v) is 4.32. The molecule has 1 fully saturated rings. The molecule has 1 aliphatic rings. The summed E-state index contributed by atoms with van der Waals surface area (Å²) in [6.45, 7) is 5.71. The van der Waals surface area contributed by atoms with Crippen molar-refractivity contribution in [3.63, 3.8) is 0 Å². The third kappa shape index (κ3) is 3.40. The minimum absolute atomic E-state index is 0.192. The van der Waals surface area contributed by atoms with Gasteiger partial charge in [-0.2, -0.15) is 0 Å². The first-order valence-corrected chi connectivity index (χ1v) is 9.45. The largest absolute Gasteiger partial charge is 0.472 e. The van der Waals surface area contributed by atoms with Gasteiger partial charge in [0.25, 0.3) is 0 Å². The monoisotopic (exact) mass is 358 g/mol. The third-order valence-corrected chi connectivity index (χ3v) is 5.56. The van der Waals surface area contributed by atoms with Crippen molar-refractivity contribution in [3.8, 4) is 0 Å². The molecule has 0 spiro atoms. The van der Waals surface area contributed by atoms with Crippen LogP contribution in [0.3, 0.4) is 0 Å². The molecule has 0 radical (unpaired) electrons. The van der Waals surface area contributed by atoms with Gasteiger partial charge in [0.15, 0.2) is 0 Å². The SMILES string of the molecule is Cc1nc(N2CCN(Cc3ccoc3)C(CCO)C2)c2ccsc2n1. The minimum Gasteiger partial charge on any atom is -0.472 e. The van der Waals surface area contributed by atoms with Gasteiger partial charge in [0.2, 0.25) is 0 Å². The van der Waals surface area contributed by atoms with Crippen molar-refractivity contribution in [2.45, 2.75) is 25.9 Å². The van der Waals surface area contributed by atoms with Crippen molar-refractivity contribution in [2.24, 2.45) is 0 Å². The van der Waals surface area contributed by atoms with E-state index < -0.39 is 0 Å². The maximum Gasteiger partial charge on any atom is 0.141 e. The number of aliphatic hydroxyl groups excluding tert-OH is 1. The van der Waals surface area contributed by atoms with Crippen molar-refractivity contribution < 1.29 is 9.52 Å². The Morgan fingerprint density at radius 3 is 3.04 bits per heavy atom. The number of hydrogen-bond donors (Lipinski definition) is 1. The van der Waals surface area contributed by atoms with Crippen LogP contribution in [0.1, 0.15) is 17.8 Å². The number of furan rings is 1. The van der Waals surface area contributed by atoms with E-state index in [4.69, 9.17) is 9.40 Å². The number of aliphatic hydroxyl groups is 1. The fraction of sp³-hybridized carbons (Fsp3) is 0.444. The van der Waals surface area contributed by atoms with Gasteiger partial charge in [0, 0.05) is 44.4 Å². The summed E-state index contributed by atoms with van der Waals surface area (Å²) in [7, 11) is 0. The highest BCUT2D eigenvalue weighted by molar-refractivity contribution is 7.16. The molecule has 25 heavy (non-hydrogen) atoms. The normalized spacial score (nSPS) is 19.0. The van der Waals surface area contributed by atoms with Gasteiger partial charge < -0.3 is 14.4 Å². The van der Waals surface area contributed by atoms with E-state index in [1.165, 1.54) is 5.56 Å². The molecule has 1 N–H and O–H groups in total. The first kappa shape index (κ1) is 16.5. The number of hydrogen-bond acceptors (Lipinski definition) is 7. The van der Waals surface area contributed by atoms with E-state index in [0.717, 1.165) is 54.5 Å². The lowest BCUT2D eigenvalue weighted by molar-refractivity contribution is 0.135. The zero-order valence-corrected chi connectivity index (χ0v) is 15.1. The molecule has 3 aromatic rings. The summed E-state index contributed by atoms with van der Waals surface area (Å²) in [5.41, 5.74) is 1.18. The molecule has 3 aromatic heterocycles. The Bertz CT molecular complexity index is 833. The molecular weight excluding hydrogens is 336 g/mol. The number of aromatic nitrogens is 2. The van der Waals surface area contributed by atoms with Crippen LogP contribution in [-0.4, -0.2) is 52.3 Å². The van der Waals surface area contributed by atoms with E-state index >= 15 is 0 Å². The maximum absolute atomic E-state index is 9.51.